The second-order valence-electron chi connectivity index (χ2n) is 3.61. The molecule has 2 rings (SSSR count). The second kappa shape index (κ2) is 6.81. The van der Waals surface area contributed by atoms with E-state index >= 15 is 0 Å². The van der Waals surface area contributed by atoms with Gasteiger partial charge in [-0.15, -0.1) is 11.8 Å². The monoisotopic (exact) mass is 326 g/mol. The zero-order valence-corrected chi connectivity index (χ0v) is 12.0. The number of benzene rings is 2. The fraction of sp³-hybridized carbons (Fsp3) is 0.143. The smallest absolute Gasteiger partial charge is 0.123 e. The minimum absolute atomic E-state index is 0.204. The van der Waals surface area contributed by atoms with Gasteiger partial charge < -0.3 is 4.74 Å². The van der Waals surface area contributed by atoms with Crippen molar-refractivity contribution in [2.24, 2.45) is 0 Å². The fourth-order valence-corrected chi connectivity index (χ4v) is 2.52. The molecule has 1 nitrogen and oxygen atoms in total. The van der Waals surface area contributed by atoms with E-state index in [-0.39, 0.29) is 5.82 Å². The van der Waals surface area contributed by atoms with Crippen LogP contribution in [0.5, 0.6) is 5.75 Å². The Balaban J connectivity index is 1.74. The third-order valence-electron chi connectivity index (χ3n) is 2.23. The van der Waals surface area contributed by atoms with Gasteiger partial charge in [-0.1, -0.05) is 22.0 Å². The standard InChI is InChI=1S/C14H12BrFOS/c15-11-2-1-3-13(10-11)17-8-9-18-14-6-4-12(16)5-7-14/h1-7,10H,8-9H2. The van der Waals surface area contributed by atoms with E-state index in [0.717, 1.165) is 20.9 Å². The summed E-state index contributed by atoms with van der Waals surface area (Å²) in [6, 6.07) is 14.2. The van der Waals surface area contributed by atoms with Crippen molar-refractivity contribution in [3.05, 3.63) is 58.8 Å². The highest BCUT2D eigenvalue weighted by molar-refractivity contribution is 9.10. The summed E-state index contributed by atoms with van der Waals surface area (Å²) in [6.45, 7) is 0.624. The lowest BCUT2D eigenvalue weighted by Gasteiger charge is -2.06. The van der Waals surface area contributed by atoms with Crippen LogP contribution < -0.4 is 4.74 Å². The van der Waals surface area contributed by atoms with Crippen molar-refractivity contribution in [3.8, 4) is 5.75 Å². The number of hydrogen-bond acceptors (Lipinski definition) is 2. The molecule has 0 bridgehead atoms. The molecule has 0 N–H and O–H groups in total. The fourth-order valence-electron chi connectivity index (χ4n) is 1.41. The Labute approximate surface area is 118 Å². The van der Waals surface area contributed by atoms with Gasteiger partial charge in [0.25, 0.3) is 0 Å². The molecule has 0 heterocycles. The van der Waals surface area contributed by atoms with Crippen LogP contribution in [0.3, 0.4) is 0 Å². The van der Waals surface area contributed by atoms with Crippen LogP contribution in [0.1, 0.15) is 0 Å². The second-order valence-corrected chi connectivity index (χ2v) is 5.69. The third-order valence-corrected chi connectivity index (χ3v) is 3.70. The van der Waals surface area contributed by atoms with E-state index in [2.05, 4.69) is 15.9 Å². The summed E-state index contributed by atoms with van der Waals surface area (Å²) in [5.74, 6) is 1.48. The molecule has 0 spiro atoms. The summed E-state index contributed by atoms with van der Waals surface area (Å²) < 4.78 is 19.3. The van der Waals surface area contributed by atoms with Crippen molar-refractivity contribution >= 4 is 27.7 Å². The third kappa shape index (κ3) is 4.35. The largest absolute Gasteiger partial charge is 0.493 e. The molecule has 2 aromatic rings. The number of ether oxygens (including phenoxy) is 1. The van der Waals surface area contributed by atoms with Crippen molar-refractivity contribution in [2.45, 2.75) is 4.90 Å². The van der Waals surface area contributed by atoms with Gasteiger partial charge in [0.15, 0.2) is 0 Å². The Morgan fingerprint density at radius 3 is 2.61 bits per heavy atom. The Hall–Kier alpha value is -1.00. The average molecular weight is 327 g/mol. The van der Waals surface area contributed by atoms with Crippen molar-refractivity contribution in [1.29, 1.82) is 0 Å². The van der Waals surface area contributed by atoms with Gasteiger partial charge in [-0.3, -0.25) is 0 Å². The molecule has 0 atom stereocenters. The van der Waals surface area contributed by atoms with Gasteiger partial charge in [0.2, 0.25) is 0 Å². The molecule has 0 saturated carbocycles. The van der Waals surface area contributed by atoms with E-state index in [0.29, 0.717) is 6.61 Å². The Morgan fingerprint density at radius 2 is 1.89 bits per heavy atom. The predicted octanol–water partition coefficient (Wildman–Crippen LogP) is 4.76. The molecule has 0 unspecified atom stereocenters. The van der Waals surface area contributed by atoms with Crippen molar-refractivity contribution in [2.75, 3.05) is 12.4 Å². The summed E-state index contributed by atoms with van der Waals surface area (Å²) in [7, 11) is 0. The molecule has 0 aromatic heterocycles. The molecule has 18 heavy (non-hydrogen) atoms. The first kappa shape index (κ1) is 13.4. The van der Waals surface area contributed by atoms with Crippen LogP contribution in [0.15, 0.2) is 57.9 Å². The van der Waals surface area contributed by atoms with Crippen LogP contribution in [0.4, 0.5) is 4.39 Å². The quantitative estimate of drug-likeness (QED) is 0.578. The van der Waals surface area contributed by atoms with Gasteiger partial charge in [0.05, 0.1) is 6.61 Å². The van der Waals surface area contributed by atoms with Gasteiger partial charge >= 0.3 is 0 Å². The Kier molecular flexibility index (Phi) is 5.08. The molecule has 0 aliphatic rings. The maximum atomic E-state index is 12.7. The zero-order valence-electron chi connectivity index (χ0n) is 9.61. The van der Waals surface area contributed by atoms with E-state index in [4.69, 9.17) is 4.74 Å². The lowest BCUT2D eigenvalue weighted by Crippen LogP contribution is -1.99. The van der Waals surface area contributed by atoms with Gasteiger partial charge in [-0.05, 0) is 42.5 Å². The normalized spacial score (nSPS) is 10.3. The SMILES string of the molecule is Fc1ccc(SCCOc2cccc(Br)c2)cc1. The first-order valence-corrected chi connectivity index (χ1v) is 7.28. The van der Waals surface area contributed by atoms with Gasteiger partial charge in [-0.2, -0.15) is 0 Å². The number of thioether (sulfide) groups is 1. The molecule has 0 aliphatic heterocycles. The minimum Gasteiger partial charge on any atom is -0.493 e. The summed E-state index contributed by atoms with van der Waals surface area (Å²) in [6.07, 6.45) is 0. The van der Waals surface area contributed by atoms with E-state index < -0.39 is 0 Å². The highest BCUT2D eigenvalue weighted by atomic mass is 79.9. The molecule has 0 fully saturated rings. The summed E-state index contributed by atoms with van der Waals surface area (Å²) in [5.41, 5.74) is 0. The lowest BCUT2D eigenvalue weighted by molar-refractivity contribution is 0.344. The van der Waals surface area contributed by atoms with E-state index in [9.17, 15) is 4.39 Å². The van der Waals surface area contributed by atoms with Gasteiger partial charge in [0.1, 0.15) is 11.6 Å². The van der Waals surface area contributed by atoms with Crippen molar-refractivity contribution < 1.29 is 9.13 Å². The molecular formula is C14H12BrFOS. The van der Waals surface area contributed by atoms with E-state index in [1.54, 1.807) is 23.9 Å². The van der Waals surface area contributed by atoms with E-state index in [1.165, 1.54) is 12.1 Å². The van der Waals surface area contributed by atoms with Crippen LogP contribution >= 0.6 is 27.7 Å². The average Bonchev–Trinajstić information content (AvgIpc) is 2.37. The van der Waals surface area contributed by atoms with Crippen LogP contribution in [0, 0.1) is 5.82 Å². The summed E-state index contributed by atoms with van der Waals surface area (Å²) >= 11 is 5.04. The highest BCUT2D eigenvalue weighted by Crippen LogP contribution is 2.20. The van der Waals surface area contributed by atoms with E-state index in [1.807, 2.05) is 24.3 Å². The first-order valence-electron chi connectivity index (χ1n) is 5.51. The predicted molar refractivity (Wildman–Crippen MR) is 76.8 cm³/mol. The molecule has 2 aromatic carbocycles. The molecule has 0 aliphatic carbocycles. The molecule has 94 valence electrons. The maximum absolute atomic E-state index is 12.7. The molecule has 4 heteroatoms. The molecule has 0 saturated heterocycles. The number of hydrogen-bond donors (Lipinski definition) is 0. The molecule has 0 amide bonds. The van der Waals surface area contributed by atoms with Gasteiger partial charge in [-0.25, -0.2) is 4.39 Å². The summed E-state index contributed by atoms with van der Waals surface area (Å²) in [4.78, 5) is 1.05. The van der Waals surface area contributed by atoms with Crippen molar-refractivity contribution in [1.82, 2.24) is 0 Å². The van der Waals surface area contributed by atoms with Gasteiger partial charge in [0, 0.05) is 15.1 Å². The number of halogens is 2. The number of rotatable bonds is 5. The Bertz CT molecular complexity index is 501. The molecule has 0 radical (unpaired) electrons. The maximum Gasteiger partial charge on any atom is 0.123 e. The van der Waals surface area contributed by atoms with Crippen molar-refractivity contribution in [3.63, 3.8) is 0 Å². The first-order chi connectivity index (χ1) is 8.74. The van der Waals surface area contributed by atoms with Crippen LogP contribution in [0.2, 0.25) is 0 Å². The lowest BCUT2D eigenvalue weighted by atomic mass is 10.3. The topological polar surface area (TPSA) is 9.23 Å². The Morgan fingerprint density at radius 1 is 1.11 bits per heavy atom. The van der Waals surface area contributed by atoms with Crippen LogP contribution in [-0.4, -0.2) is 12.4 Å². The highest BCUT2D eigenvalue weighted by Gasteiger charge is 1.97. The van der Waals surface area contributed by atoms with Crippen LogP contribution in [-0.2, 0) is 0 Å². The molecular weight excluding hydrogens is 315 g/mol. The minimum atomic E-state index is -0.204. The summed E-state index contributed by atoms with van der Waals surface area (Å²) in [5, 5.41) is 0. The van der Waals surface area contributed by atoms with Crippen LogP contribution in [0.25, 0.3) is 0 Å². The zero-order chi connectivity index (χ0) is 12.8.